The Kier molecular flexibility index (Phi) is 4.18. The van der Waals surface area contributed by atoms with Gasteiger partial charge in [-0.1, -0.05) is 0 Å². The number of hydrogen-bond donors (Lipinski definition) is 2. The molecule has 1 atom stereocenters. The molecule has 0 aromatic carbocycles. The number of carbonyl (C=O) groups is 1. The Morgan fingerprint density at radius 3 is 2.25 bits per heavy atom. The molecule has 0 amide bonds. The molecular formula is C12H21NO3. The second-order valence-corrected chi connectivity index (χ2v) is 4.90. The second-order valence-electron chi connectivity index (χ2n) is 4.90. The summed E-state index contributed by atoms with van der Waals surface area (Å²) < 4.78 is 5.31. The van der Waals surface area contributed by atoms with Crippen LogP contribution in [0.5, 0.6) is 0 Å². The molecule has 0 bridgehead atoms. The molecule has 0 aliphatic carbocycles. The third kappa shape index (κ3) is 2.74. The van der Waals surface area contributed by atoms with Crippen LogP contribution in [0.25, 0.3) is 0 Å². The molecule has 92 valence electrons. The Hall–Kier alpha value is -0.610. The number of piperidine rings is 1. The summed E-state index contributed by atoms with van der Waals surface area (Å²) in [4.78, 5) is 11.4. The van der Waals surface area contributed by atoms with Crippen molar-refractivity contribution in [1.82, 2.24) is 5.32 Å². The van der Waals surface area contributed by atoms with Crippen molar-refractivity contribution in [3.05, 3.63) is 0 Å². The number of hydrogen-bond acceptors (Lipinski definition) is 3. The summed E-state index contributed by atoms with van der Waals surface area (Å²) in [6, 6.07) is 0. The van der Waals surface area contributed by atoms with Crippen molar-refractivity contribution in [2.24, 2.45) is 17.8 Å². The fourth-order valence-electron chi connectivity index (χ4n) is 3.07. The van der Waals surface area contributed by atoms with Crippen LogP contribution in [0.15, 0.2) is 0 Å². The Bertz CT molecular complexity index is 214. The highest BCUT2D eigenvalue weighted by molar-refractivity contribution is 5.70. The predicted octanol–water partition coefficient (Wildman–Crippen LogP) is 1.11. The van der Waals surface area contributed by atoms with E-state index in [1.165, 1.54) is 0 Å². The van der Waals surface area contributed by atoms with Gasteiger partial charge < -0.3 is 15.2 Å². The number of carboxylic acid groups (broad SMARTS) is 1. The van der Waals surface area contributed by atoms with E-state index in [-0.39, 0.29) is 5.92 Å². The molecule has 0 radical (unpaired) electrons. The first kappa shape index (κ1) is 11.9. The molecular weight excluding hydrogens is 206 g/mol. The molecule has 2 aliphatic rings. The maximum Gasteiger partial charge on any atom is 0.307 e. The summed E-state index contributed by atoms with van der Waals surface area (Å²) in [5, 5.41) is 12.7. The first-order chi connectivity index (χ1) is 7.79. The van der Waals surface area contributed by atoms with Crippen LogP contribution in [0.4, 0.5) is 0 Å². The minimum atomic E-state index is -0.598. The molecule has 2 saturated heterocycles. The lowest BCUT2D eigenvalue weighted by Gasteiger charge is -2.35. The van der Waals surface area contributed by atoms with E-state index in [0.29, 0.717) is 11.8 Å². The summed E-state index contributed by atoms with van der Waals surface area (Å²) in [6.45, 7) is 3.41. The van der Waals surface area contributed by atoms with Crippen LogP contribution in [-0.2, 0) is 9.53 Å². The Balaban J connectivity index is 1.99. The molecule has 2 heterocycles. The molecule has 0 saturated carbocycles. The highest BCUT2D eigenvalue weighted by atomic mass is 16.5. The first-order valence-electron chi connectivity index (χ1n) is 6.30. The SMILES string of the molecule is O=C(O)C(C1CCNCC1)C1CCOCC1. The Labute approximate surface area is 96.4 Å². The van der Waals surface area contributed by atoms with Crippen molar-refractivity contribution in [3.63, 3.8) is 0 Å². The van der Waals surface area contributed by atoms with E-state index in [2.05, 4.69) is 5.32 Å². The standard InChI is InChI=1S/C12H21NO3/c14-12(15)11(9-1-5-13-6-2-9)10-3-7-16-8-4-10/h9-11,13H,1-8H2,(H,14,15). The highest BCUT2D eigenvalue weighted by Crippen LogP contribution is 2.34. The van der Waals surface area contributed by atoms with Gasteiger partial charge in [0.15, 0.2) is 0 Å². The summed E-state index contributed by atoms with van der Waals surface area (Å²) in [6.07, 6.45) is 3.85. The topological polar surface area (TPSA) is 58.6 Å². The van der Waals surface area contributed by atoms with Crippen molar-refractivity contribution in [1.29, 1.82) is 0 Å². The molecule has 2 aliphatic heterocycles. The van der Waals surface area contributed by atoms with Gasteiger partial charge in [-0.2, -0.15) is 0 Å². The largest absolute Gasteiger partial charge is 0.481 e. The lowest BCUT2D eigenvalue weighted by atomic mass is 9.74. The van der Waals surface area contributed by atoms with E-state index in [0.717, 1.165) is 52.0 Å². The van der Waals surface area contributed by atoms with Crippen LogP contribution in [0, 0.1) is 17.8 Å². The van der Waals surface area contributed by atoms with Gasteiger partial charge in [0.05, 0.1) is 5.92 Å². The van der Waals surface area contributed by atoms with Crippen LogP contribution >= 0.6 is 0 Å². The van der Waals surface area contributed by atoms with Gasteiger partial charge in [0, 0.05) is 13.2 Å². The number of nitrogens with one attached hydrogen (secondary N) is 1. The van der Waals surface area contributed by atoms with Gasteiger partial charge in [-0.25, -0.2) is 0 Å². The normalized spacial score (nSPS) is 26.5. The van der Waals surface area contributed by atoms with Crippen LogP contribution < -0.4 is 5.32 Å². The fraction of sp³-hybridized carbons (Fsp3) is 0.917. The molecule has 0 aromatic heterocycles. The first-order valence-corrected chi connectivity index (χ1v) is 6.30. The highest BCUT2D eigenvalue weighted by Gasteiger charge is 2.36. The molecule has 4 nitrogen and oxygen atoms in total. The quantitative estimate of drug-likeness (QED) is 0.758. The van der Waals surface area contributed by atoms with Gasteiger partial charge in [-0.05, 0) is 50.6 Å². The summed E-state index contributed by atoms with van der Waals surface area (Å²) >= 11 is 0. The summed E-state index contributed by atoms with van der Waals surface area (Å²) in [5.41, 5.74) is 0. The number of rotatable bonds is 3. The van der Waals surface area contributed by atoms with Gasteiger partial charge >= 0.3 is 5.97 Å². The zero-order chi connectivity index (χ0) is 11.4. The van der Waals surface area contributed by atoms with Crippen molar-refractivity contribution in [2.75, 3.05) is 26.3 Å². The van der Waals surface area contributed by atoms with Gasteiger partial charge in [-0.15, -0.1) is 0 Å². The minimum absolute atomic E-state index is 0.147. The summed E-state index contributed by atoms with van der Waals surface area (Å²) in [7, 11) is 0. The molecule has 2 N–H and O–H groups in total. The molecule has 0 spiro atoms. The summed E-state index contributed by atoms with van der Waals surface area (Å²) in [5.74, 6) is -0.0546. The van der Waals surface area contributed by atoms with E-state index >= 15 is 0 Å². The molecule has 2 rings (SSSR count). The average molecular weight is 227 g/mol. The van der Waals surface area contributed by atoms with E-state index in [4.69, 9.17) is 4.74 Å². The molecule has 2 fully saturated rings. The van der Waals surface area contributed by atoms with Crippen molar-refractivity contribution < 1.29 is 14.6 Å². The minimum Gasteiger partial charge on any atom is -0.481 e. The second kappa shape index (κ2) is 5.64. The zero-order valence-electron chi connectivity index (χ0n) is 9.65. The van der Waals surface area contributed by atoms with Crippen molar-refractivity contribution >= 4 is 5.97 Å². The van der Waals surface area contributed by atoms with Gasteiger partial charge in [-0.3, -0.25) is 4.79 Å². The van der Waals surface area contributed by atoms with Crippen molar-refractivity contribution in [2.45, 2.75) is 25.7 Å². The van der Waals surface area contributed by atoms with E-state index in [1.54, 1.807) is 0 Å². The molecule has 1 unspecified atom stereocenters. The van der Waals surface area contributed by atoms with Crippen LogP contribution in [-0.4, -0.2) is 37.4 Å². The third-order valence-electron chi connectivity index (χ3n) is 3.95. The molecule has 0 aromatic rings. The maximum atomic E-state index is 11.4. The zero-order valence-corrected chi connectivity index (χ0v) is 9.65. The van der Waals surface area contributed by atoms with E-state index in [1.807, 2.05) is 0 Å². The molecule has 4 heteroatoms. The lowest BCUT2D eigenvalue weighted by Crippen LogP contribution is -2.39. The predicted molar refractivity (Wildman–Crippen MR) is 60.3 cm³/mol. The fourth-order valence-corrected chi connectivity index (χ4v) is 3.07. The van der Waals surface area contributed by atoms with Crippen molar-refractivity contribution in [3.8, 4) is 0 Å². The number of aliphatic carboxylic acids is 1. The van der Waals surface area contributed by atoms with Gasteiger partial charge in [0.1, 0.15) is 0 Å². The average Bonchev–Trinajstić information content (AvgIpc) is 2.31. The van der Waals surface area contributed by atoms with Crippen LogP contribution in [0.2, 0.25) is 0 Å². The van der Waals surface area contributed by atoms with E-state index in [9.17, 15) is 9.90 Å². The Morgan fingerprint density at radius 2 is 1.69 bits per heavy atom. The lowest BCUT2D eigenvalue weighted by molar-refractivity contribution is -0.148. The molecule has 16 heavy (non-hydrogen) atoms. The van der Waals surface area contributed by atoms with Crippen LogP contribution in [0.1, 0.15) is 25.7 Å². The van der Waals surface area contributed by atoms with Crippen LogP contribution in [0.3, 0.4) is 0 Å². The maximum absolute atomic E-state index is 11.4. The van der Waals surface area contributed by atoms with E-state index < -0.39 is 5.97 Å². The van der Waals surface area contributed by atoms with Gasteiger partial charge in [0.25, 0.3) is 0 Å². The number of carboxylic acids is 1. The number of ether oxygens (including phenoxy) is 1. The Morgan fingerprint density at radius 1 is 1.12 bits per heavy atom. The van der Waals surface area contributed by atoms with Gasteiger partial charge in [0.2, 0.25) is 0 Å². The monoisotopic (exact) mass is 227 g/mol. The third-order valence-corrected chi connectivity index (χ3v) is 3.95. The smallest absolute Gasteiger partial charge is 0.307 e.